The zero-order valence-corrected chi connectivity index (χ0v) is 4.15. The zero-order chi connectivity index (χ0) is 5.82. The van der Waals surface area contributed by atoms with Crippen LogP contribution in [0.5, 0.6) is 0 Å². The van der Waals surface area contributed by atoms with Crippen molar-refractivity contribution in [1.82, 2.24) is 0 Å². The van der Waals surface area contributed by atoms with Gasteiger partial charge in [0.15, 0.2) is 0 Å². The predicted molar refractivity (Wildman–Crippen MR) is 29.6 cm³/mol. The van der Waals surface area contributed by atoms with Crippen LogP contribution in [0.1, 0.15) is 0 Å². The molecule has 39 valence electrons. The van der Waals surface area contributed by atoms with E-state index in [-0.39, 0.29) is 0 Å². The summed E-state index contributed by atoms with van der Waals surface area (Å²) >= 11 is 0. The van der Waals surface area contributed by atoms with Gasteiger partial charge in [-0.15, -0.1) is 0 Å². The summed E-state index contributed by atoms with van der Waals surface area (Å²) in [7, 11) is 0. The lowest BCUT2D eigenvalue weighted by molar-refractivity contribution is 1.15. The first-order valence-electron chi connectivity index (χ1n) is 2.20. The molecule has 5 radical (unpaired) electrons. The van der Waals surface area contributed by atoms with E-state index < -0.39 is 0 Å². The molecule has 1 rings (SSSR count). The number of nitrogens with zero attached hydrogens (tertiary/aromatic N) is 3. The van der Waals surface area contributed by atoms with Crippen molar-refractivity contribution in [2.24, 2.45) is 5.11 Å². The average molecular weight is 106 g/mol. The Morgan fingerprint density at radius 3 is 2.50 bits per heavy atom. The lowest BCUT2D eigenvalue weighted by Gasteiger charge is -1.90. The van der Waals surface area contributed by atoms with Crippen molar-refractivity contribution < 1.29 is 0 Å². The van der Waals surface area contributed by atoms with E-state index in [0.29, 0.717) is 6.04 Å². The smallest absolute Gasteiger partial charge is 0.0674 e. The fourth-order valence-electron chi connectivity index (χ4n) is 0.482. The Balaban J connectivity index is 2.35. The minimum atomic E-state index is 0.674. The highest BCUT2D eigenvalue weighted by molar-refractivity contribution is 5.34. The molecule has 0 aromatic carbocycles. The van der Waals surface area contributed by atoms with E-state index in [4.69, 9.17) is 5.53 Å². The molecular formula is C5H4N3. The van der Waals surface area contributed by atoms with Crippen LogP contribution in [0.25, 0.3) is 10.4 Å². The largest absolute Gasteiger partial charge is 0.0859 e. The van der Waals surface area contributed by atoms with Crippen molar-refractivity contribution in [3.63, 3.8) is 0 Å². The molecule has 0 aliphatic heterocycles. The standard InChI is InChI=1S/C5H4N3/c6-8-7-5-3-1-2-4-5/h1-4H. The first-order chi connectivity index (χ1) is 3.93. The third kappa shape index (κ3) is 1.14. The summed E-state index contributed by atoms with van der Waals surface area (Å²) in [5.74, 6) is 0. The van der Waals surface area contributed by atoms with Crippen LogP contribution in [0.4, 0.5) is 0 Å². The Hall–Kier alpha value is -0.690. The van der Waals surface area contributed by atoms with E-state index in [9.17, 15) is 0 Å². The highest BCUT2D eigenvalue weighted by atomic mass is 15.1. The summed E-state index contributed by atoms with van der Waals surface area (Å²) in [6.07, 6.45) is 7.15. The molecule has 1 aliphatic carbocycles. The van der Waals surface area contributed by atoms with Crippen LogP contribution in [0, 0.1) is 31.7 Å². The van der Waals surface area contributed by atoms with Crippen LogP contribution >= 0.6 is 0 Å². The van der Waals surface area contributed by atoms with Gasteiger partial charge in [-0.25, -0.2) is 0 Å². The van der Waals surface area contributed by atoms with Gasteiger partial charge in [0.2, 0.25) is 0 Å². The minimum absolute atomic E-state index is 0.674. The van der Waals surface area contributed by atoms with Crippen LogP contribution in [0.2, 0.25) is 0 Å². The van der Waals surface area contributed by atoms with Crippen LogP contribution in [0.3, 0.4) is 0 Å². The van der Waals surface area contributed by atoms with Crippen LogP contribution < -0.4 is 0 Å². The second kappa shape index (κ2) is 2.58. The molecule has 0 spiro atoms. The monoisotopic (exact) mass is 106 g/mol. The molecule has 1 fully saturated rings. The maximum atomic E-state index is 7.90. The predicted octanol–water partition coefficient (Wildman–Crippen LogP) is 1.66. The van der Waals surface area contributed by atoms with Gasteiger partial charge >= 0.3 is 0 Å². The first-order valence-corrected chi connectivity index (χ1v) is 2.20. The second-order valence-electron chi connectivity index (χ2n) is 1.33. The van der Waals surface area contributed by atoms with Crippen LogP contribution in [-0.4, -0.2) is 0 Å². The van der Waals surface area contributed by atoms with Gasteiger partial charge in [0.05, 0.1) is 6.04 Å². The number of hydrogen-bond donors (Lipinski definition) is 0. The molecule has 0 saturated heterocycles. The van der Waals surface area contributed by atoms with E-state index in [1.165, 1.54) is 0 Å². The number of hydrogen-bond acceptors (Lipinski definition) is 1. The van der Waals surface area contributed by atoms with Gasteiger partial charge in [0.25, 0.3) is 0 Å². The van der Waals surface area contributed by atoms with Gasteiger partial charge in [-0.2, -0.15) is 0 Å². The highest BCUT2D eigenvalue weighted by Gasteiger charge is 2.13. The SMILES string of the molecule is [N-]=[N+]=N[C]1[CH][CH][CH][CH]1. The zero-order valence-electron chi connectivity index (χ0n) is 4.15. The minimum Gasteiger partial charge on any atom is -0.0859 e. The molecule has 0 heterocycles. The number of rotatable bonds is 1. The Bertz CT molecular complexity index is 109. The van der Waals surface area contributed by atoms with Crippen molar-refractivity contribution in [2.45, 2.75) is 0 Å². The summed E-state index contributed by atoms with van der Waals surface area (Å²) in [5.41, 5.74) is 7.90. The maximum Gasteiger partial charge on any atom is 0.0674 e. The van der Waals surface area contributed by atoms with E-state index in [0.717, 1.165) is 0 Å². The van der Waals surface area contributed by atoms with E-state index in [1.807, 2.05) is 12.8 Å². The summed E-state index contributed by atoms with van der Waals surface area (Å²) < 4.78 is 0. The molecule has 0 amide bonds. The first kappa shape index (κ1) is 5.45. The fraction of sp³-hybridized carbons (Fsp3) is 0. The third-order valence-electron chi connectivity index (χ3n) is 0.805. The summed E-state index contributed by atoms with van der Waals surface area (Å²) in [5, 5.41) is 3.35. The molecule has 0 atom stereocenters. The van der Waals surface area contributed by atoms with Gasteiger partial charge in [0, 0.05) is 4.91 Å². The molecule has 0 aromatic rings. The molecule has 8 heavy (non-hydrogen) atoms. The average Bonchev–Trinajstić information content (AvgIpc) is 2.19. The normalized spacial score (nSPS) is 20.5. The highest BCUT2D eigenvalue weighted by Crippen LogP contribution is 2.23. The van der Waals surface area contributed by atoms with Gasteiger partial charge < -0.3 is 0 Å². The van der Waals surface area contributed by atoms with Gasteiger partial charge in [0.1, 0.15) is 0 Å². The summed E-state index contributed by atoms with van der Waals surface area (Å²) in [4.78, 5) is 2.60. The molecular weight excluding hydrogens is 102 g/mol. The van der Waals surface area contributed by atoms with Crippen molar-refractivity contribution in [1.29, 1.82) is 0 Å². The van der Waals surface area contributed by atoms with Crippen molar-refractivity contribution >= 4 is 0 Å². The summed E-state index contributed by atoms with van der Waals surface area (Å²) in [6, 6.07) is 0.674. The Morgan fingerprint density at radius 2 is 2.00 bits per heavy atom. The molecule has 1 aliphatic rings. The quantitative estimate of drug-likeness (QED) is 0.277. The van der Waals surface area contributed by atoms with Gasteiger partial charge in [-0.05, 0) is 31.2 Å². The Morgan fingerprint density at radius 1 is 1.38 bits per heavy atom. The Labute approximate surface area is 48.3 Å². The lowest BCUT2D eigenvalue weighted by Crippen LogP contribution is -1.80. The van der Waals surface area contributed by atoms with E-state index in [2.05, 4.69) is 10.0 Å². The summed E-state index contributed by atoms with van der Waals surface area (Å²) in [6.45, 7) is 0. The molecule has 3 heteroatoms. The van der Waals surface area contributed by atoms with E-state index >= 15 is 0 Å². The molecule has 0 bridgehead atoms. The molecule has 3 nitrogen and oxygen atoms in total. The van der Waals surface area contributed by atoms with E-state index in [1.54, 1.807) is 12.8 Å². The lowest BCUT2D eigenvalue weighted by atomic mass is 10.3. The molecule has 0 N–H and O–H groups in total. The fourth-order valence-corrected chi connectivity index (χ4v) is 0.482. The number of azide groups is 1. The van der Waals surface area contributed by atoms with Crippen LogP contribution in [0.15, 0.2) is 5.11 Å². The Kier molecular flexibility index (Phi) is 1.75. The van der Waals surface area contributed by atoms with Crippen molar-refractivity contribution in [3.8, 4) is 0 Å². The van der Waals surface area contributed by atoms with Crippen LogP contribution in [-0.2, 0) is 0 Å². The molecule has 1 saturated carbocycles. The van der Waals surface area contributed by atoms with Crippen molar-refractivity contribution in [2.75, 3.05) is 0 Å². The molecule has 0 aromatic heterocycles. The van der Waals surface area contributed by atoms with Crippen molar-refractivity contribution in [3.05, 3.63) is 42.2 Å². The maximum absolute atomic E-state index is 7.90. The molecule has 0 unspecified atom stereocenters. The third-order valence-corrected chi connectivity index (χ3v) is 0.805. The van der Waals surface area contributed by atoms with Gasteiger partial charge in [-0.1, -0.05) is 5.11 Å². The second-order valence-corrected chi connectivity index (χ2v) is 1.33. The topological polar surface area (TPSA) is 48.8 Å². The van der Waals surface area contributed by atoms with Gasteiger partial charge in [-0.3, -0.25) is 0 Å².